The predicted molar refractivity (Wildman–Crippen MR) is 98.4 cm³/mol. The number of benzene rings is 1. The highest BCUT2D eigenvalue weighted by Crippen LogP contribution is 2.34. The van der Waals surface area contributed by atoms with E-state index in [1.165, 1.54) is 0 Å². The topological polar surface area (TPSA) is 64.8 Å². The van der Waals surface area contributed by atoms with Crippen LogP contribution in [-0.2, 0) is 4.79 Å². The van der Waals surface area contributed by atoms with E-state index in [0.717, 1.165) is 48.0 Å². The van der Waals surface area contributed by atoms with Gasteiger partial charge in [-0.2, -0.15) is 0 Å². The highest BCUT2D eigenvalue weighted by Gasteiger charge is 2.20. The number of hydrogen-bond donors (Lipinski definition) is 1. The van der Waals surface area contributed by atoms with Crippen molar-refractivity contribution in [3.8, 4) is 11.5 Å². The molecule has 24 heavy (non-hydrogen) atoms. The summed E-state index contributed by atoms with van der Waals surface area (Å²) in [5, 5.41) is 0. The molecule has 1 aromatic carbocycles. The van der Waals surface area contributed by atoms with Gasteiger partial charge in [0.1, 0.15) is 0 Å². The fraction of sp³-hybridized carbons (Fsp3) is 0.588. The lowest BCUT2D eigenvalue weighted by Crippen LogP contribution is -2.45. The number of carbonyl (C=O) groups is 1. The summed E-state index contributed by atoms with van der Waals surface area (Å²) < 4.78 is 11.3. The SMILES string of the molecule is Cl.NC1CCCN(C(=O)CCSc2ccc3c(c2)OCCCO3)C1. The number of halogens is 1. The van der Waals surface area contributed by atoms with Gasteiger partial charge in [-0.3, -0.25) is 4.79 Å². The van der Waals surface area contributed by atoms with Gasteiger partial charge in [0, 0.05) is 42.6 Å². The molecule has 0 aliphatic carbocycles. The second kappa shape index (κ2) is 9.39. The van der Waals surface area contributed by atoms with Gasteiger partial charge in [-0.25, -0.2) is 0 Å². The Morgan fingerprint density at radius 1 is 1.25 bits per heavy atom. The zero-order valence-corrected chi connectivity index (χ0v) is 15.4. The standard InChI is InChI=1S/C17H24N2O3S.ClH/c18-13-3-1-7-19(12-13)17(20)6-10-23-14-4-5-15-16(11-14)22-9-2-8-21-15;/h4-5,11,13H,1-3,6-10,12,18H2;1H. The van der Waals surface area contributed by atoms with Crippen LogP contribution >= 0.6 is 24.2 Å². The number of rotatable bonds is 4. The second-order valence-electron chi connectivity index (χ2n) is 6.00. The average Bonchev–Trinajstić information content (AvgIpc) is 2.79. The first-order chi connectivity index (χ1) is 11.2. The molecule has 1 fully saturated rings. The van der Waals surface area contributed by atoms with Crippen LogP contribution in [0.2, 0.25) is 0 Å². The first-order valence-corrected chi connectivity index (χ1v) is 9.27. The zero-order valence-electron chi connectivity index (χ0n) is 13.7. The maximum absolute atomic E-state index is 12.2. The van der Waals surface area contributed by atoms with E-state index in [0.29, 0.717) is 26.2 Å². The van der Waals surface area contributed by atoms with E-state index in [1.54, 1.807) is 11.8 Å². The van der Waals surface area contributed by atoms with E-state index < -0.39 is 0 Å². The molecule has 1 aromatic rings. The molecule has 134 valence electrons. The summed E-state index contributed by atoms with van der Waals surface area (Å²) in [6.07, 6.45) is 3.49. The van der Waals surface area contributed by atoms with Gasteiger partial charge in [-0.1, -0.05) is 0 Å². The van der Waals surface area contributed by atoms with Crippen LogP contribution < -0.4 is 15.2 Å². The summed E-state index contributed by atoms with van der Waals surface area (Å²) in [7, 11) is 0. The van der Waals surface area contributed by atoms with Gasteiger partial charge in [0.15, 0.2) is 11.5 Å². The van der Waals surface area contributed by atoms with Crippen molar-refractivity contribution in [3.05, 3.63) is 18.2 Å². The Labute approximate surface area is 153 Å². The van der Waals surface area contributed by atoms with Crippen molar-refractivity contribution in [2.75, 3.05) is 32.1 Å². The maximum atomic E-state index is 12.2. The Bertz CT molecular complexity index is 559. The van der Waals surface area contributed by atoms with Gasteiger partial charge >= 0.3 is 0 Å². The molecule has 1 atom stereocenters. The Morgan fingerprint density at radius 3 is 2.83 bits per heavy atom. The third-order valence-corrected chi connectivity index (χ3v) is 5.11. The van der Waals surface area contributed by atoms with Crippen LogP contribution in [0.1, 0.15) is 25.7 Å². The lowest BCUT2D eigenvalue weighted by molar-refractivity contribution is -0.131. The molecule has 0 saturated carbocycles. The van der Waals surface area contributed by atoms with Gasteiger partial charge in [0.25, 0.3) is 0 Å². The molecule has 1 unspecified atom stereocenters. The smallest absolute Gasteiger partial charge is 0.223 e. The molecule has 2 aliphatic rings. The summed E-state index contributed by atoms with van der Waals surface area (Å²) in [4.78, 5) is 15.2. The lowest BCUT2D eigenvalue weighted by Gasteiger charge is -2.30. The van der Waals surface area contributed by atoms with Crippen LogP contribution in [-0.4, -0.2) is 48.9 Å². The lowest BCUT2D eigenvalue weighted by atomic mass is 10.1. The van der Waals surface area contributed by atoms with Gasteiger partial charge in [-0.15, -0.1) is 24.2 Å². The van der Waals surface area contributed by atoms with Gasteiger partial charge < -0.3 is 20.1 Å². The molecule has 2 aliphatic heterocycles. The average molecular weight is 373 g/mol. The minimum atomic E-state index is 0. The number of thioether (sulfide) groups is 1. The number of nitrogens with zero attached hydrogens (tertiary/aromatic N) is 1. The largest absolute Gasteiger partial charge is 0.490 e. The fourth-order valence-corrected chi connectivity index (χ4v) is 3.75. The molecule has 5 nitrogen and oxygen atoms in total. The maximum Gasteiger partial charge on any atom is 0.223 e. The van der Waals surface area contributed by atoms with Crippen LogP contribution in [0.5, 0.6) is 11.5 Å². The fourth-order valence-electron chi connectivity index (χ4n) is 2.88. The number of likely N-dealkylation sites (tertiary alicyclic amines) is 1. The van der Waals surface area contributed by atoms with Crippen molar-refractivity contribution < 1.29 is 14.3 Å². The number of carbonyl (C=O) groups excluding carboxylic acids is 1. The predicted octanol–water partition coefficient (Wildman–Crippen LogP) is 2.70. The molecule has 1 amide bonds. The van der Waals surface area contributed by atoms with E-state index in [2.05, 4.69) is 0 Å². The molecule has 1 saturated heterocycles. The van der Waals surface area contributed by atoms with Crippen molar-refractivity contribution in [3.63, 3.8) is 0 Å². The minimum absolute atomic E-state index is 0. The first kappa shape index (κ1) is 19.2. The monoisotopic (exact) mass is 372 g/mol. The van der Waals surface area contributed by atoms with Crippen LogP contribution in [0.4, 0.5) is 0 Å². The molecular weight excluding hydrogens is 348 g/mol. The highest BCUT2D eigenvalue weighted by molar-refractivity contribution is 7.99. The third kappa shape index (κ3) is 5.19. The zero-order chi connectivity index (χ0) is 16.1. The van der Waals surface area contributed by atoms with Crippen molar-refractivity contribution in [2.24, 2.45) is 5.73 Å². The Morgan fingerprint density at radius 2 is 2.04 bits per heavy atom. The molecule has 2 N–H and O–H groups in total. The van der Waals surface area contributed by atoms with Crippen LogP contribution in [0.3, 0.4) is 0 Å². The number of hydrogen-bond acceptors (Lipinski definition) is 5. The van der Waals surface area contributed by atoms with E-state index >= 15 is 0 Å². The van der Waals surface area contributed by atoms with Crippen LogP contribution in [0.25, 0.3) is 0 Å². The van der Waals surface area contributed by atoms with E-state index in [1.807, 2.05) is 23.1 Å². The van der Waals surface area contributed by atoms with Crippen molar-refractivity contribution >= 4 is 30.1 Å². The molecule has 2 heterocycles. The molecule has 0 spiro atoms. The Kier molecular flexibility index (Phi) is 7.52. The number of ether oxygens (including phenoxy) is 2. The molecule has 0 aromatic heterocycles. The van der Waals surface area contributed by atoms with Gasteiger partial charge in [0.05, 0.1) is 13.2 Å². The third-order valence-electron chi connectivity index (χ3n) is 4.11. The highest BCUT2D eigenvalue weighted by atomic mass is 35.5. The van der Waals surface area contributed by atoms with Crippen molar-refractivity contribution in [1.29, 1.82) is 0 Å². The van der Waals surface area contributed by atoms with Gasteiger partial charge in [0.2, 0.25) is 5.91 Å². The minimum Gasteiger partial charge on any atom is -0.490 e. The van der Waals surface area contributed by atoms with Crippen LogP contribution in [0.15, 0.2) is 23.1 Å². The number of nitrogens with two attached hydrogens (primary N) is 1. The first-order valence-electron chi connectivity index (χ1n) is 8.28. The molecule has 0 radical (unpaired) electrons. The Hall–Kier alpha value is -1.11. The summed E-state index contributed by atoms with van der Waals surface area (Å²) >= 11 is 1.68. The summed E-state index contributed by atoms with van der Waals surface area (Å²) in [6, 6.07) is 6.13. The summed E-state index contributed by atoms with van der Waals surface area (Å²) in [5.74, 6) is 2.59. The summed E-state index contributed by atoms with van der Waals surface area (Å²) in [6.45, 7) is 2.94. The van der Waals surface area contributed by atoms with E-state index in [9.17, 15) is 4.79 Å². The van der Waals surface area contributed by atoms with Gasteiger partial charge in [-0.05, 0) is 31.0 Å². The number of amides is 1. The molecule has 7 heteroatoms. The van der Waals surface area contributed by atoms with E-state index in [-0.39, 0.29) is 24.4 Å². The van der Waals surface area contributed by atoms with Crippen molar-refractivity contribution in [1.82, 2.24) is 4.90 Å². The molecule has 0 bridgehead atoms. The normalized spacial score (nSPS) is 20.0. The van der Waals surface area contributed by atoms with Crippen molar-refractivity contribution in [2.45, 2.75) is 36.6 Å². The second-order valence-corrected chi connectivity index (χ2v) is 7.17. The van der Waals surface area contributed by atoms with E-state index in [4.69, 9.17) is 15.2 Å². The van der Waals surface area contributed by atoms with Crippen LogP contribution in [0, 0.1) is 0 Å². The summed E-state index contributed by atoms with van der Waals surface area (Å²) in [5.41, 5.74) is 5.94. The Balaban J connectivity index is 0.00000208. The number of piperidine rings is 1. The quantitative estimate of drug-likeness (QED) is 0.823. The molecule has 3 rings (SSSR count). The molecular formula is C17H25ClN2O3S. The number of fused-ring (bicyclic) bond motifs is 1.